The van der Waals surface area contributed by atoms with Gasteiger partial charge in [-0.05, 0) is 48.8 Å². The Balaban J connectivity index is 2.32. The van der Waals surface area contributed by atoms with Crippen LogP contribution in [0.1, 0.15) is 20.3 Å². The molecule has 0 saturated heterocycles. The highest BCUT2D eigenvalue weighted by Gasteiger charge is 2.17. The first kappa shape index (κ1) is 21.6. The third-order valence-electron chi connectivity index (χ3n) is 3.40. The zero-order valence-electron chi connectivity index (χ0n) is 14.6. The number of thiocarbonyl (C=S) groups is 1. The van der Waals surface area contributed by atoms with Crippen LogP contribution in [0.3, 0.4) is 0 Å². The van der Waals surface area contributed by atoms with E-state index >= 15 is 0 Å². The summed E-state index contributed by atoms with van der Waals surface area (Å²) in [7, 11) is 0. The third kappa shape index (κ3) is 8.99. The van der Waals surface area contributed by atoms with Crippen molar-refractivity contribution in [3.63, 3.8) is 0 Å². The second-order valence-electron chi connectivity index (χ2n) is 5.97. The number of ether oxygens (including phenoxy) is 2. The normalized spacial score (nSPS) is 13.4. The lowest BCUT2D eigenvalue weighted by atomic mass is 10.1. The van der Waals surface area contributed by atoms with Gasteiger partial charge in [-0.2, -0.15) is 0 Å². The van der Waals surface area contributed by atoms with Crippen molar-refractivity contribution in [3.8, 4) is 5.75 Å². The van der Waals surface area contributed by atoms with Crippen LogP contribution in [0.25, 0.3) is 0 Å². The van der Waals surface area contributed by atoms with E-state index in [4.69, 9.17) is 31.9 Å². The molecule has 7 nitrogen and oxygen atoms in total. The Bertz CT molecular complexity index is 498. The van der Waals surface area contributed by atoms with E-state index in [2.05, 4.69) is 24.5 Å². The molecule has 0 fully saturated rings. The Morgan fingerprint density at radius 2 is 1.84 bits per heavy atom. The van der Waals surface area contributed by atoms with Crippen LogP contribution in [0.5, 0.6) is 5.75 Å². The summed E-state index contributed by atoms with van der Waals surface area (Å²) in [5.74, 6) is 1.41. The Hall–Kier alpha value is -1.45. The fourth-order valence-corrected chi connectivity index (χ4v) is 2.02. The van der Waals surface area contributed by atoms with E-state index in [0.29, 0.717) is 17.6 Å². The molecule has 0 amide bonds. The van der Waals surface area contributed by atoms with E-state index < -0.39 is 25.4 Å². The third-order valence-corrected chi connectivity index (χ3v) is 3.65. The highest BCUT2D eigenvalue weighted by atomic mass is 32.1. The van der Waals surface area contributed by atoms with Gasteiger partial charge in [-0.15, -0.1) is 0 Å². The summed E-state index contributed by atoms with van der Waals surface area (Å²) < 4.78 is 10.9. The summed E-state index contributed by atoms with van der Waals surface area (Å²) in [6, 6.07) is 7.43. The quantitative estimate of drug-likeness (QED) is 0.291. The van der Waals surface area contributed by atoms with Gasteiger partial charge in [0.1, 0.15) is 24.7 Å². The molecule has 0 saturated carbocycles. The van der Waals surface area contributed by atoms with Gasteiger partial charge in [0.25, 0.3) is 0 Å². The van der Waals surface area contributed by atoms with Gasteiger partial charge in [0.15, 0.2) is 5.11 Å². The highest BCUT2D eigenvalue weighted by molar-refractivity contribution is 7.80. The lowest BCUT2D eigenvalue weighted by Crippen LogP contribution is -2.39. The lowest BCUT2D eigenvalue weighted by molar-refractivity contribution is -0.0810. The molecule has 0 spiro atoms. The number of anilines is 1. The van der Waals surface area contributed by atoms with Crippen LogP contribution in [0.2, 0.25) is 0 Å². The highest BCUT2D eigenvalue weighted by Crippen LogP contribution is 2.16. The lowest BCUT2D eigenvalue weighted by Gasteiger charge is -2.20. The van der Waals surface area contributed by atoms with Gasteiger partial charge < -0.3 is 35.4 Å². The van der Waals surface area contributed by atoms with Crippen molar-refractivity contribution >= 4 is 23.0 Å². The average Bonchev–Trinajstić information content (AvgIpc) is 2.59. The zero-order chi connectivity index (χ0) is 18.7. The second-order valence-corrected chi connectivity index (χ2v) is 6.38. The maximum absolute atomic E-state index is 9.41. The summed E-state index contributed by atoms with van der Waals surface area (Å²) in [6.07, 6.45) is -1.01. The van der Waals surface area contributed by atoms with Crippen molar-refractivity contribution in [3.05, 3.63) is 24.3 Å². The molecule has 0 unspecified atom stereocenters. The topological polar surface area (TPSA) is 103 Å². The first-order chi connectivity index (χ1) is 12.0. The molecule has 25 heavy (non-hydrogen) atoms. The molecule has 1 aromatic rings. The van der Waals surface area contributed by atoms with Crippen molar-refractivity contribution in [2.24, 2.45) is 5.92 Å². The van der Waals surface area contributed by atoms with Gasteiger partial charge in [0, 0.05) is 5.69 Å². The average molecular weight is 372 g/mol. The van der Waals surface area contributed by atoms with Crippen LogP contribution >= 0.6 is 12.2 Å². The van der Waals surface area contributed by atoms with E-state index in [1.807, 2.05) is 24.3 Å². The summed E-state index contributed by atoms with van der Waals surface area (Å²) in [5.41, 5.74) is 0.794. The van der Waals surface area contributed by atoms with E-state index in [1.165, 1.54) is 0 Å². The molecule has 8 heteroatoms. The summed E-state index contributed by atoms with van der Waals surface area (Å²) in [5, 5.41) is 33.4. The number of nitrogens with one attached hydrogen (secondary N) is 2. The van der Waals surface area contributed by atoms with Crippen molar-refractivity contribution in [2.75, 3.05) is 31.9 Å². The van der Waals surface area contributed by atoms with Gasteiger partial charge in [-0.3, -0.25) is 0 Å². The Morgan fingerprint density at radius 1 is 1.16 bits per heavy atom. The van der Waals surface area contributed by atoms with Crippen LogP contribution in [0.15, 0.2) is 24.3 Å². The fraction of sp³-hybridized carbons (Fsp3) is 0.588. The molecule has 0 radical (unpaired) electrons. The van der Waals surface area contributed by atoms with E-state index in [9.17, 15) is 5.11 Å². The first-order valence-electron chi connectivity index (χ1n) is 8.25. The van der Waals surface area contributed by atoms with Crippen LogP contribution in [-0.2, 0) is 4.74 Å². The second kappa shape index (κ2) is 12.0. The SMILES string of the molecule is CC(C)CCOc1ccc(NC(=S)NCO[C@H](CO)[C@H](O)CO)cc1. The van der Waals surface area contributed by atoms with E-state index in [-0.39, 0.29) is 6.73 Å². The predicted molar refractivity (Wildman–Crippen MR) is 101 cm³/mol. The Kier molecular flexibility index (Phi) is 10.4. The number of hydrogen-bond acceptors (Lipinski definition) is 6. The predicted octanol–water partition coefficient (Wildman–Crippen LogP) is 1.09. The number of aliphatic hydroxyl groups is 3. The number of rotatable bonds is 11. The molecule has 0 aromatic heterocycles. The first-order valence-corrected chi connectivity index (χ1v) is 8.66. The number of hydrogen-bond donors (Lipinski definition) is 5. The van der Waals surface area contributed by atoms with Gasteiger partial charge in [-0.25, -0.2) is 0 Å². The molecule has 2 atom stereocenters. The standard InChI is InChI=1S/C17H28N2O5S/c1-12(2)7-8-23-14-5-3-13(4-6-14)19-17(25)18-11-24-16(10-21)15(22)9-20/h3-6,12,15-16,20-22H,7-11H2,1-2H3,(H2,18,19,25)/t15-,16-/m1/s1. The minimum Gasteiger partial charge on any atom is -0.494 e. The van der Waals surface area contributed by atoms with Crippen LogP contribution in [0.4, 0.5) is 5.69 Å². The van der Waals surface area contributed by atoms with Crippen molar-refractivity contribution in [1.29, 1.82) is 0 Å². The minimum absolute atomic E-state index is 0.00941. The Labute approximate surface area is 154 Å². The van der Waals surface area contributed by atoms with Crippen molar-refractivity contribution < 1.29 is 24.8 Å². The molecular formula is C17H28N2O5S. The van der Waals surface area contributed by atoms with Gasteiger partial charge in [-0.1, -0.05) is 13.8 Å². The molecule has 0 bridgehead atoms. The Morgan fingerprint density at radius 3 is 2.40 bits per heavy atom. The minimum atomic E-state index is -1.14. The van der Waals surface area contributed by atoms with Crippen LogP contribution in [0, 0.1) is 5.92 Å². The molecule has 0 aliphatic carbocycles. The molecule has 0 heterocycles. The number of aliphatic hydroxyl groups excluding tert-OH is 3. The smallest absolute Gasteiger partial charge is 0.172 e. The van der Waals surface area contributed by atoms with Gasteiger partial charge in [0.05, 0.1) is 19.8 Å². The van der Waals surface area contributed by atoms with Crippen LogP contribution in [-0.4, -0.2) is 59.2 Å². The summed E-state index contributed by atoms with van der Waals surface area (Å²) in [6.45, 7) is 4.10. The summed E-state index contributed by atoms with van der Waals surface area (Å²) in [4.78, 5) is 0. The van der Waals surface area contributed by atoms with Crippen molar-refractivity contribution in [2.45, 2.75) is 32.5 Å². The molecule has 1 aromatic carbocycles. The number of benzene rings is 1. The monoisotopic (exact) mass is 372 g/mol. The maximum Gasteiger partial charge on any atom is 0.172 e. The van der Waals surface area contributed by atoms with E-state index in [1.54, 1.807) is 0 Å². The molecule has 0 aliphatic heterocycles. The van der Waals surface area contributed by atoms with E-state index in [0.717, 1.165) is 17.9 Å². The molecular weight excluding hydrogens is 344 g/mol. The molecule has 5 N–H and O–H groups in total. The van der Waals surface area contributed by atoms with Gasteiger partial charge in [0.2, 0.25) is 0 Å². The molecule has 0 aliphatic rings. The fourth-order valence-electron chi connectivity index (χ4n) is 1.84. The summed E-state index contributed by atoms with van der Waals surface area (Å²) >= 11 is 5.14. The molecule has 1 rings (SSSR count). The maximum atomic E-state index is 9.41. The van der Waals surface area contributed by atoms with Crippen LogP contribution < -0.4 is 15.4 Å². The molecule has 142 valence electrons. The van der Waals surface area contributed by atoms with Gasteiger partial charge >= 0.3 is 0 Å². The largest absolute Gasteiger partial charge is 0.494 e. The van der Waals surface area contributed by atoms with Crippen molar-refractivity contribution in [1.82, 2.24) is 5.32 Å². The zero-order valence-corrected chi connectivity index (χ0v) is 15.5.